The molecule has 8 aromatic rings. The van der Waals surface area contributed by atoms with Gasteiger partial charge in [0.15, 0.2) is 0 Å². The molecule has 1 heteroatoms. The first-order valence-electron chi connectivity index (χ1n) is 16.9. The van der Waals surface area contributed by atoms with Crippen LogP contribution in [-0.4, -0.2) is 0 Å². The summed E-state index contributed by atoms with van der Waals surface area (Å²) < 4.78 is 0. The van der Waals surface area contributed by atoms with Crippen molar-refractivity contribution in [2.45, 2.75) is 0 Å². The molecule has 0 N–H and O–H groups in total. The second-order valence-electron chi connectivity index (χ2n) is 13.0. The van der Waals surface area contributed by atoms with Crippen LogP contribution in [0.1, 0.15) is 22.3 Å². The Balaban J connectivity index is 1.05. The molecule has 49 heavy (non-hydrogen) atoms. The lowest BCUT2D eigenvalue weighted by Crippen LogP contribution is -2.09. The first-order chi connectivity index (χ1) is 24.3. The van der Waals surface area contributed by atoms with Gasteiger partial charge in [0.25, 0.3) is 0 Å². The Morgan fingerprint density at radius 2 is 0.653 bits per heavy atom. The molecule has 1 nitrogen and oxygen atoms in total. The SMILES string of the molecule is C1=Cc2ccc(-c3ccc(N(c4ccc(-c5ccccc5)cc4)c4ccc(-c5ccc6c7c(cccc57)C=C6)cc4)cc3)c3cccc1c23. The van der Waals surface area contributed by atoms with Gasteiger partial charge in [-0.25, -0.2) is 0 Å². The van der Waals surface area contributed by atoms with Gasteiger partial charge in [0.05, 0.1) is 0 Å². The van der Waals surface area contributed by atoms with Crippen LogP contribution in [0.25, 0.3) is 79.2 Å². The number of hydrogen-bond donors (Lipinski definition) is 0. The summed E-state index contributed by atoms with van der Waals surface area (Å²) in [6.07, 6.45) is 8.89. The van der Waals surface area contributed by atoms with E-state index in [4.69, 9.17) is 0 Å². The minimum absolute atomic E-state index is 1.12. The predicted octanol–water partition coefficient (Wildman–Crippen LogP) is 13.4. The summed E-state index contributed by atoms with van der Waals surface area (Å²) in [5.41, 5.74) is 15.9. The average molecular weight is 622 g/mol. The highest BCUT2D eigenvalue weighted by Crippen LogP contribution is 2.42. The van der Waals surface area contributed by atoms with E-state index in [9.17, 15) is 0 Å². The van der Waals surface area contributed by atoms with Crippen molar-refractivity contribution in [1.29, 1.82) is 0 Å². The van der Waals surface area contributed by atoms with Crippen molar-refractivity contribution in [3.63, 3.8) is 0 Å². The summed E-state index contributed by atoms with van der Waals surface area (Å²) in [5, 5.41) is 5.30. The fraction of sp³-hybridized carbons (Fsp3) is 0. The fourth-order valence-electron chi connectivity index (χ4n) is 7.81. The molecule has 0 amide bonds. The molecule has 0 atom stereocenters. The first kappa shape index (κ1) is 27.7. The van der Waals surface area contributed by atoms with Gasteiger partial charge in [0.1, 0.15) is 0 Å². The molecule has 10 rings (SSSR count). The second kappa shape index (κ2) is 11.1. The molecule has 0 saturated heterocycles. The van der Waals surface area contributed by atoms with Crippen molar-refractivity contribution in [2.24, 2.45) is 0 Å². The average Bonchev–Trinajstić information content (AvgIpc) is 3.80. The molecule has 0 unspecified atom stereocenters. The monoisotopic (exact) mass is 621 g/mol. The normalized spacial score (nSPS) is 12.3. The predicted molar refractivity (Wildman–Crippen MR) is 210 cm³/mol. The van der Waals surface area contributed by atoms with Crippen LogP contribution < -0.4 is 4.90 Å². The smallest absolute Gasteiger partial charge is 0.0462 e. The van der Waals surface area contributed by atoms with E-state index in [1.807, 2.05) is 0 Å². The van der Waals surface area contributed by atoms with E-state index in [-0.39, 0.29) is 0 Å². The molecule has 0 saturated carbocycles. The molecular formula is C48H31N. The van der Waals surface area contributed by atoms with Crippen molar-refractivity contribution in [1.82, 2.24) is 0 Å². The van der Waals surface area contributed by atoms with Gasteiger partial charge < -0.3 is 4.90 Å². The van der Waals surface area contributed by atoms with Crippen LogP contribution in [0.15, 0.2) is 164 Å². The number of rotatable bonds is 6. The highest BCUT2D eigenvalue weighted by molar-refractivity contribution is 6.11. The van der Waals surface area contributed by atoms with Crippen LogP contribution in [0.5, 0.6) is 0 Å². The molecule has 0 bridgehead atoms. The maximum atomic E-state index is 2.36. The molecule has 8 aromatic carbocycles. The van der Waals surface area contributed by atoms with E-state index >= 15 is 0 Å². The summed E-state index contributed by atoms with van der Waals surface area (Å²) in [5.74, 6) is 0. The minimum atomic E-state index is 1.12. The van der Waals surface area contributed by atoms with Gasteiger partial charge in [-0.2, -0.15) is 0 Å². The van der Waals surface area contributed by atoms with Gasteiger partial charge in [0, 0.05) is 17.1 Å². The third kappa shape index (κ3) is 4.55. The van der Waals surface area contributed by atoms with Crippen LogP contribution in [0.3, 0.4) is 0 Å². The molecule has 0 fully saturated rings. The molecule has 0 aromatic heterocycles. The van der Waals surface area contributed by atoms with Gasteiger partial charge in [-0.1, -0.05) is 152 Å². The number of benzene rings is 8. The third-order valence-corrected chi connectivity index (χ3v) is 10.2. The van der Waals surface area contributed by atoms with Crippen LogP contribution in [-0.2, 0) is 0 Å². The van der Waals surface area contributed by atoms with E-state index in [0.29, 0.717) is 0 Å². The summed E-state index contributed by atoms with van der Waals surface area (Å²) >= 11 is 0. The van der Waals surface area contributed by atoms with Gasteiger partial charge in [-0.05, 0) is 114 Å². The molecular weight excluding hydrogens is 591 g/mol. The van der Waals surface area contributed by atoms with Crippen LogP contribution >= 0.6 is 0 Å². The van der Waals surface area contributed by atoms with Gasteiger partial charge >= 0.3 is 0 Å². The molecule has 2 aliphatic rings. The lowest BCUT2D eigenvalue weighted by Gasteiger charge is -2.26. The molecule has 0 heterocycles. The van der Waals surface area contributed by atoms with Crippen molar-refractivity contribution in [3.8, 4) is 33.4 Å². The minimum Gasteiger partial charge on any atom is -0.311 e. The van der Waals surface area contributed by atoms with Crippen LogP contribution in [0.2, 0.25) is 0 Å². The third-order valence-electron chi connectivity index (χ3n) is 10.2. The van der Waals surface area contributed by atoms with Gasteiger partial charge in [0.2, 0.25) is 0 Å². The Morgan fingerprint density at radius 3 is 1.10 bits per heavy atom. The zero-order valence-corrected chi connectivity index (χ0v) is 26.8. The number of anilines is 3. The maximum absolute atomic E-state index is 2.36. The van der Waals surface area contributed by atoms with Crippen LogP contribution in [0.4, 0.5) is 17.1 Å². The first-order valence-corrected chi connectivity index (χ1v) is 16.9. The quantitative estimate of drug-likeness (QED) is 0.179. The Bertz CT molecular complexity index is 2440. The number of hydrogen-bond acceptors (Lipinski definition) is 1. The van der Waals surface area contributed by atoms with E-state index in [1.54, 1.807) is 0 Å². The molecule has 228 valence electrons. The van der Waals surface area contributed by atoms with Gasteiger partial charge in [-0.15, -0.1) is 0 Å². The molecule has 0 spiro atoms. The van der Waals surface area contributed by atoms with E-state index in [1.165, 1.54) is 77.2 Å². The lowest BCUT2D eigenvalue weighted by atomic mass is 9.94. The zero-order chi connectivity index (χ0) is 32.3. The van der Waals surface area contributed by atoms with Crippen molar-refractivity contribution >= 4 is 62.9 Å². The Morgan fingerprint density at radius 1 is 0.265 bits per heavy atom. The lowest BCUT2D eigenvalue weighted by molar-refractivity contribution is 1.28. The number of nitrogens with zero attached hydrogens (tertiary/aromatic N) is 1. The summed E-state index contributed by atoms with van der Waals surface area (Å²) in [7, 11) is 0. The highest BCUT2D eigenvalue weighted by Gasteiger charge is 2.17. The second-order valence-corrected chi connectivity index (χ2v) is 13.0. The molecule has 0 aliphatic heterocycles. The van der Waals surface area contributed by atoms with Crippen LogP contribution in [0, 0.1) is 0 Å². The Hall–Kier alpha value is -6.44. The molecule has 0 radical (unpaired) electrons. The van der Waals surface area contributed by atoms with Crippen molar-refractivity contribution in [3.05, 3.63) is 186 Å². The standard InChI is InChI=1S/C48H31N/c1-2-6-32(7-3-1)33-16-24-40(25-17-33)49(41-26-18-34(19-27-41)43-30-22-38-14-12-36-8-4-10-45(43)47(36)38)42-28-20-35(21-29-42)44-31-23-39-15-13-37-9-5-11-46(44)48(37)39/h1-31H. The van der Waals surface area contributed by atoms with E-state index in [0.717, 1.165) is 17.1 Å². The van der Waals surface area contributed by atoms with Crippen molar-refractivity contribution < 1.29 is 0 Å². The summed E-state index contributed by atoms with van der Waals surface area (Å²) in [4.78, 5) is 2.36. The maximum Gasteiger partial charge on any atom is 0.0462 e. The Kier molecular flexibility index (Phi) is 6.25. The Labute approximate surface area is 286 Å². The topological polar surface area (TPSA) is 3.24 Å². The van der Waals surface area contributed by atoms with E-state index < -0.39 is 0 Å². The van der Waals surface area contributed by atoms with Gasteiger partial charge in [-0.3, -0.25) is 0 Å². The summed E-state index contributed by atoms with van der Waals surface area (Å²) in [6.45, 7) is 0. The zero-order valence-electron chi connectivity index (χ0n) is 26.8. The fourth-order valence-corrected chi connectivity index (χ4v) is 7.81. The highest BCUT2D eigenvalue weighted by atomic mass is 15.1. The van der Waals surface area contributed by atoms with Crippen molar-refractivity contribution in [2.75, 3.05) is 4.90 Å². The van der Waals surface area contributed by atoms with E-state index in [2.05, 4.69) is 193 Å². The summed E-state index contributed by atoms with van der Waals surface area (Å²) in [6, 6.07) is 59.9. The largest absolute Gasteiger partial charge is 0.311 e. The molecule has 2 aliphatic carbocycles.